The van der Waals surface area contributed by atoms with Gasteiger partial charge in [0.2, 0.25) is 0 Å². The van der Waals surface area contributed by atoms with Crippen LogP contribution in [0.25, 0.3) is 0 Å². The normalized spacial score (nSPS) is 19.5. The van der Waals surface area contributed by atoms with Crippen LogP contribution in [-0.4, -0.2) is 17.0 Å². The van der Waals surface area contributed by atoms with Crippen LogP contribution in [0.5, 0.6) is 0 Å². The van der Waals surface area contributed by atoms with Gasteiger partial charge in [-0.05, 0) is 18.2 Å². The van der Waals surface area contributed by atoms with Gasteiger partial charge in [-0.3, -0.25) is 5.41 Å². The molecule has 0 aliphatic carbocycles. The Morgan fingerprint density at radius 1 is 1.37 bits per heavy atom. The van der Waals surface area contributed by atoms with E-state index < -0.39 is 17.6 Å². The predicted octanol–water partition coefficient (Wildman–Crippen LogP) is 4.14. The monoisotopic (exact) mass is 314 g/mol. The van der Waals surface area contributed by atoms with Crippen LogP contribution in [0.3, 0.4) is 0 Å². The smallest absolute Gasteiger partial charge is 0.320 e. The zero-order valence-corrected chi connectivity index (χ0v) is 11.4. The fourth-order valence-electron chi connectivity index (χ4n) is 1.75. The topological polar surface area (TPSA) is 27.1 Å². The van der Waals surface area contributed by atoms with E-state index in [0.29, 0.717) is 6.54 Å². The van der Waals surface area contributed by atoms with Crippen molar-refractivity contribution in [1.29, 1.82) is 5.41 Å². The van der Waals surface area contributed by atoms with E-state index in [1.54, 1.807) is 0 Å². The summed E-state index contributed by atoms with van der Waals surface area (Å²) in [6, 6.07) is 2.80. The number of benzene rings is 1. The van der Waals surface area contributed by atoms with Gasteiger partial charge in [-0.15, -0.1) is 12.4 Å². The zero-order valence-electron chi connectivity index (χ0n) is 9.79. The second kappa shape index (κ2) is 5.58. The van der Waals surface area contributed by atoms with E-state index in [0.717, 1.165) is 12.1 Å². The van der Waals surface area contributed by atoms with Crippen LogP contribution < -0.4 is 4.90 Å². The maximum atomic E-state index is 13.1. The number of alkyl halides is 3. The lowest BCUT2D eigenvalue weighted by atomic mass is 10.1. The Kier molecular flexibility index (Phi) is 4.73. The van der Waals surface area contributed by atoms with Crippen molar-refractivity contribution in [1.82, 2.24) is 0 Å². The summed E-state index contributed by atoms with van der Waals surface area (Å²) in [7, 11) is 0. The van der Waals surface area contributed by atoms with E-state index in [2.05, 4.69) is 0 Å². The molecule has 1 aliphatic rings. The first-order valence-electron chi connectivity index (χ1n) is 5.18. The molecule has 2 nitrogen and oxygen atoms in total. The number of rotatable bonds is 1. The largest absolute Gasteiger partial charge is 0.419 e. The highest BCUT2D eigenvalue weighted by molar-refractivity contribution is 8.15. The lowest BCUT2D eigenvalue weighted by molar-refractivity contribution is -0.139. The summed E-state index contributed by atoms with van der Waals surface area (Å²) in [6.07, 6.45) is -4.72. The maximum Gasteiger partial charge on any atom is 0.419 e. The number of nitrogens with one attached hydrogen (secondary N) is 1. The van der Waals surface area contributed by atoms with Gasteiger partial charge in [0.15, 0.2) is 5.17 Å². The minimum Gasteiger partial charge on any atom is -0.320 e. The van der Waals surface area contributed by atoms with Gasteiger partial charge in [0.25, 0.3) is 0 Å². The molecule has 106 valence electrons. The van der Waals surface area contributed by atoms with Gasteiger partial charge in [0.1, 0.15) is 5.82 Å². The summed E-state index contributed by atoms with van der Waals surface area (Å²) in [5.74, 6) is -1.29. The Morgan fingerprint density at radius 2 is 2.00 bits per heavy atom. The molecule has 19 heavy (non-hydrogen) atoms. The van der Waals surface area contributed by atoms with E-state index in [9.17, 15) is 17.6 Å². The van der Waals surface area contributed by atoms with Crippen LogP contribution in [0.1, 0.15) is 12.5 Å². The molecule has 1 unspecified atom stereocenters. The van der Waals surface area contributed by atoms with Crippen molar-refractivity contribution in [3.05, 3.63) is 29.6 Å². The summed E-state index contributed by atoms with van der Waals surface area (Å²) in [5.41, 5.74) is -1.09. The van der Waals surface area contributed by atoms with Gasteiger partial charge in [-0.25, -0.2) is 4.39 Å². The van der Waals surface area contributed by atoms with Crippen LogP contribution in [0, 0.1) is 11.2 Å². The molecule has 1 heterocycles. The molecule has 0 aromatic heterocycles. The highest BCUT2D eigenvalue weighted by Crippen LogP contribution is 2.36. The lowest BCUT2D eigenvalue weighted by Crippen LogP contribution is -2.24. The Labute approximate surface area is 118 Å². The van der Waals surface area contributed by atoms with Crippen LogP contribution in [0.15, 0.2) is 18.2 Å². The Bertz CT molecular complexity index is 492. The minimum atomic E-state index is -4.72. The fraction of sp³-hybridized carbons (Fsp3) is 0.364. The maximum absolute atomic E-state index is 13.1. The molecular weight excluding hydrogens is 304 g/mol. The van der Waals surface area contributed by atoms with E-state index in [-0.39, 0.29) is 28.5 Å². The Hall–Kier alpha value is -0.950. The third-order valence-electron chi connectivity index (χ3n) is 2.56. The molecule has 0 bridgehead atoms. The van der Waals surface area contributed by atoms with Gasteiger partial charge >= 0.3 is 6.18 Å². The second-order valence-electron chi connectivity index (χ2n) is 4.01. The first-order chi connectivity index (χ1) is 8.29. The molecule has 0 radical (unpaired) electrons. The zero-order chi connectivity index (χ0) is 13.5. The van der Waals surface area contributed by atoms with Crippen LogP contribution in [-0.2, 0) is 6.18 Å². The van der Waals surface area contributed by atoms with Crippen molar-refractivity contribution in [3.8, 4) is 0 Å². The Balaban J connectivity index is 0.00000180. The molecule has 1 saturated heterocycles. The molecule has 0 saturated carbocycles. The van der Waals surface area contributed by atoms with Crippen LogP contribution in [0.4, 0.5) is 23.2 Å². The van der Waals surface area contributed by atoms with E-state index in [1.807, 2.05) is 6.92 Å². The molecule has 8 heteroatoms. The molecular formula is C11H11ClF4N2S. The number of hydrogen-bond acceptors (Lipinski definition) is 2. The van der Waals surface area contributed by atoms with Crippen molar-refractivity contribution in [2.45, 2.75) is 18.3 Å². The fourth-order valence-corrected chi connectivity index (χ4v) is 2.66. The van der Waals surface area contributed by atoms with Gasteiger partial charge in [-0.1, -0.05) is 18.7 Å². The first kappa shape index (κ1) is 16.1. The number of thioether (sulfide) groups is 1. The standard InChI is InChI=1S/C11H10F4N2S.ClH/c1-6-5-17(10(16)18-6)7-2-3-9(12)8(4-7)11(13,14)15;/h2-4,6,16H,5H2,1H3;1H. The van der Waals surface area contributed by atoms with Crippen molar-refractivity contribution < 1.29 is 17.6 Å². The highest BCUT2D eigenvalue weighted by atomic mass is 35.5. The molecule has 0 spiro atoms. The van der Waals surface area contributed by atoms with E-state index >= 15 is 0 Å². The van der Waals surface area contributed by atoms with Crippen molar-refractivity contribution in [2.75, 3.05) is 11.4 Å². The number of nitrogens with zero attached hydrogens (tertiary/aromatic N) is 1. The summed E-state index contributed by atoms with van der Waals surface area (Å²) in [4.78, 5) is 1.45. The predicted molar refractivity (Wildman–Crippen MR) is 70.8 cm³/mol. The average Bonchev–Trinajstić information content (AvgIpc) is 2.57. The van der Waals surface area contributed by atoms with E-state index in [4.69, 9.17) is 5.41 Å². The highest BCUT2D eigenvalue weighted by Gasteiger charge is 2.35. The number of anilines is 1. The molecule has 0 amide bonds. The van der Waals surface area contributed by atoms with Gasteiger partial charge in [-0.2, -0.15) is 13.2 Å². The van der Waals surface area contributed by atoms with Crippen molar-refractivity contribution in [3.63, 3.8) is 0 Å². The molecule has 2 rings (SSSR count). The van der Waals surface area contributed by atoms with Crippen molar-refractivity contribution in [2.24, 2.45) is 0 Å². The third-order valence-corrected chi connectivity index (χ3v) is 3.56. The molecule has 1 aliphatic heterocycles. The quantitative estimate of drug-likeness (QED) is 0.789. The summed E-state index contributed by atoms with van der Waals surface area (Å²) >= 11 is 1.28. The number of hydrogen-bond donors (Lipinski definition) is 1. The molecule has 1 N–H and O–H groups in total. The molecule has 1 atom stereocenters. The summed E-state index contributed by atoms with van der Waals surface area (Å²) in [6.45, 7) is 2.33. The average molecular weight is 315 g/mol. The minimum absolute atomic E-state index is 0. The number of amidine groups is 1. The van der Waals surface area contributed by atoms with Gasteiger partial charge in [0, 0.05) is 17.5 Å². The summed E-state index contributed by atoms with van der Waals surface area (Å²) < 4.78 is 50.8. The second-order valence-corrected chi connectivity index (χ2v) is 5.43. The molecule has 1 fully saturated rings. The van der Waals surface area contributed by atoms with Crippen LogP contribution in [0.2, 0.25) is 0 Å². The van der Waals surface area contributed by atoms with Crippen molar-refractivity contribution >= 4 is 35.0 Å². The molecule has 1 aromatic rings. The van der Waals surface area contributed by atoms with Crippen LogP contribution >= 0.6 is 24.2 Å². The lowest BCUT2D eigenvalue weighted by Gasteiger charge is -2.19. The van der Waals surface area contributed by atoms with E-state index in [1.165, 1.54) is 22.7 Å². The third kappa shape index (κ3) is 3.33. The Morgan fingerprint density at radius 3 is 2.47 bits per heavy atom. The molecule has 1 aromatic carbocycles. The van der Waals surface area contributed by atoms with Gasteiger partial charge < -0.3 is 4.90 Å². The SMILES string of the molecule is CC1CN(c2ccc(F)c(C(F)(F)F)c2)C(=N)S1.Cl. The number of halogens is 5. The first-order valence-corrected chi connectivity index (χ1v) is 6.06. The summed E-state index contributed by atoms with van der Waals surface area (Å²) in [5, 5.41) is 7.99. The van der Waals surface area contributed by atoms with Gasteiger partial charge in [0.05, 0.1) is 5.56 Å².